The molecule has 0 aliphatic carbocycles. The standard InChI is InChI=1S/C22H26N2O3/c1-13-7-8-18-17(11-13)24(21(26)22(5,6)27-18)12-19(25)23-20-15(3)9-14(2)10-16(20)4/h7-11H,12H2,1-6H3,(H,23,25). The monoisotopic (exact) mass is 366 g/mol. The number of ether oxygens (including phenoxy) is 1. The van der Waals surface area contributed by atoms with E-state index < -0.39 is 5.60 Å². The van der Waals surface area contributed by atoms with Crippen LogP contribution in [0.15, 0.2) is 30.3 Å². The fourth-order valence-corrected chi connectivity index (χ4v) is 3.53. The van der Waals surface area contributed by atoms with Crippen LogP contribution in [0.25, 0.3) is 0 Å². The lowest BCUT2D eigenvalue weighted by atomic mass is 10.0. The van der Waals surface area contributed by atoms with E-state index >= 15 is 0 Å². The van der Waals surface area contributed by atoms with Crippen LogP contribution in [0.3, 0.4) is 0 Å². The largest absolute Gasteiger partial charge is 0.476 e. The molecule has 1 aliphatic heterocycles. The van der Waals surface area contributed by atoms with Gasteiger partial charge in [-0.15, -0.1) is 0 Å². The summed E-state index contributed by atoms with van der Waals surface area (Å²) in [5.74, 6) is 0.150. The van der Waals surface area contributed by atoms with Crippen molar-refractivity contribution < 1.29 is 14.3 Å². The Balaban J connectivity index is 1.89. The molecule has 0 radical (unpaired) electrons. The summed E-state index contributed by atoms with van der Waals surface area (Å²) >= 11 is 0. The van der Waals surface area contributed by atoms with Crippen LogP contribution in [-0.2, 0) is 9.59 Å². The summed E-state index contributed by atoms with van der Waals surface area (Å²) in [6, 6.07) is 9.71. The van der Waals surface area contributed by atoms with E-state index in [1.807, 2.05) is 58.0 Å². The van der Waals surface area contributed by atoms with Gasteiger partial charge < -0.3 is 10.1 Å². The third-order valence-electron chi connectivity index (χ3n) is 4.77. The minimum Gasteiger partial charge on any atom is -0.476 e. The summed E-state index contributed by atoms with van der Waals surface area (Å²) in [6.45, 7) is 11.3. The zero-order valence-corrected chi connectivity index (χ0v) is 16.8. The molecular formula is C22H26N2O3. The summed E-state index contributed by atoms with van der Waals surface area (Å²) in [4.78, 5) is 27.2. The third kappa shape index (κ3) is 3.68. The van der Waals surface area contributed by atoms with Gasteiger partial charge in [-0.2, -0.15) is 0 Å². The van der Waals surface area contributed by atoms with Gasteiger partial charge in [-0.25, -0.2) is 0 Å². The zero-order valence-electron chi connectivity index (χ0n) is 16.8. The van der Waals surface area contributed by atoms with Crippen LogP contribution < -0.4 is 15.0 Å². The molecule has 2 aromatic carbocycles. The molecule has 0 fully saturated rings. The Labute approximate surface area is 160 Å². The maximum atomic E-state index is 12.9. The van der Waals surface area contributed by atoms with Crippen molar-refractivity contribution in [3.05, 3.63) is 52.6 Å². The van der Waals surface area contributed by atoms with Crippen LogP contribution in [0, 0.1) is 27.7 Å². The summed E-state index contributed by atoms with van der Waals surface area (Å²) in [7, 11) is 0. The molecule has 2 amide bonds. The molecule has 27 heavy (non-hydrogen) atoms. The van der Waals surface area contributed by atoms with E-state index in [2.05, 4.69) is 5.32 Å². The fourth-order valence-electron chi connectivity index (χ4n) is 3.53. The van der Waals surface area contributed by atoms with E-state index in [-0.39, 0.29) is 18.4 Å². The van der Waals surface area contributed by atoms with Gasteiger partial charge in [0, 0.05) is 5.69 Å². The number of aryl methyl sites for hydroxylation is 4. The predicted octanol–water partition coefficient (Wildman–Crippen LogP) is 4.06. The average molecular weight is 366 g/mol. The molecule has 1 heterocycles. The van der Waals surface area contributed by atoms with Gasteiger partial charge in [-0.05, 0) is 70.4 Å². The van der Waals surface area contributed by atoms with Gasteiger partial charge in [0.1, 0.15) is 12.3 Å². The molecule has 5 nitrogen and oxygen atoms in total. The molecular weight excluding hydrogens is 340 g/mol. The van der Waals surface area contributed by atoms with E-state index in [4.69, 9.17) is 4.74 Å². The van der Waals surface area contributed by atoms with Gasteiger partial charge >= 0.3 is 0 Å². The van der Waals surface area contributed by atoms with Crippen molar-refractivity contribution >= 4 is 23.2 Å². The average Bonchev–Trinajstić information content (AvgIpc) is 2.56. The molecule has 0 aromatic heterocycles. The van der Waals surface area contributed by atoms with Crippen molar-refractivity contribution in [2.75, 3.05) is 16.8 Å². The summed E-state index contributed by atoms with van der Waals surface area (Å²) in [5, 5.41) is 2.97. The highest BCUT2D eigenvalue weighted by atomic mass is 16.5. The second-order valence-electron chi connectivity index (χ2n) is 7.80. The van der Waals surface area contributed by atoms with Gasteiger partial charge in [0.05, 0.1) is 5.69 Å². The van der Waals surface area contributed by atoms with Crippen LogP contribution in [0.5, 0.6) is 5.75 Å². The molecule has 3 rings (SSSR count). The summed E-state index contributed by atoms with van der Waals surface area (Å²) in [5.41, 5.74) is 4.58. The van der Waals surface area contributed by atoms with Gasteiger partial charge in [-0.1, -0.05) is 23.8 Å². The first-order valence-electron chi connectivity index (χ1n) is 9.08. The molecule has 0 saturated heterocycles. The molecule has 142 valence electrons. The van der Waals surface area contributed by atoms with Crippen molar-refractivity contribution in [1.29, 1.82) is 0 Å². The number of fused-ring (bicyclic) bond motifs is 1. The minimum atomic E-state index is -1.02. The first-order chi connectivity index (χ1) is 12.6. The van der Waals surface area contributed by atoms with E-state index in [1.54, 1.807) is 13.8 Å². The molecule has 0 saturated carbocycles. The number of hydrogen-bond acceptors (Lipinski definition) is 3. The molecule has 0 atom stereocenters. The summed E-state index contributed by atoms with van der Waals surface area (Å²) in [6.07, 6.45) is 0. The third-order valence-corrected chi connectivity index (χ3v) is 4.77. The molecule has 0 unspecified atom stereocenters. The van der Waals surface area contributed by atoms with Gasteiger partial charge in [0.2, 0.25) is 5.91 Å². The van der Waals surface area contributed by atoms with Crippen LogP contribution in [-0.4, -0.2) is 24.0 Å². The number of anilines is 2. The highest BCUT2D eigenvalue weighted by molar-refractivity contribution is 6.08. The summed E-state index contributed by atoms with van der Waals surface area (Å²) < 4.78 is 5.85. The van der Waals surface area contributed by atoms with Gasteiger partial charge in [0.25, 0.3) is 5.91 Å². The number of hydrogen-bond donors (Lipinski definition) is 1. The SMILES string of the molecule is Cc1cc(C)c(NC(=O)CN2C(=O)C(C)(C)Oc3ccc(C)cc32)c(C)c1. The lowest BCUT2D eigenvalue weighted by Crippen LogP contribution is -2.54. The Bertz CT molecular complexity index is 908. The zero-order chi connectivity index (χ0) is 19.9. The van der Waals surface area contributed by atoms with E-state index in [1.165, 1.54) is 4.90 Å². The number of rotatable bonds is 3. The number of nitrogens with one attached hydrogen (secondary N) is 1. The highest BCUT2D eigenvalue weighted by Gasteiger charge is 2.41. The highest BCUT2D eigenvalue weighted by Crippen LogP contribution is 2.38. The van der Waals surface area contributed by atoms with Crippen molar-refractivity contribution in [3.63, 3.8) is 0 Å². The van der Waals surface area contributed by atoms with E-state index in [0.717, 1.165) is 27.9 Å². The molecule has 5 heteroatoms. The van der Waals surface area contributed by atoms with Crippen molar-refractivity contribution in [3.8, 4) is 5.75 Å². The quantitative estimate of drug-likeness (QED) is 0.891. The molecule has 1 aliphatic rings. The normalized spacial score (nSPS) is 15.2. The maximum absolute atomic E-state index is 12.9. The van der Waals surface area contributed by atoms with Gasteiger partial charge in [-0.3, -0.25) is 14.5 Å². The van der Waals surface area contributed by atoms with Gasteiger partial charge in [0.15, 0.2) is 5.60 Å². The number of nitrogens with zero attached hydrogens (tertiary/aromatic N) is 1. The van der Waals surface area contributed by atoms with E-state index in [9.17, 15) is 9.59 Å². The smallest absolute Gasteiger partial charge is 0.271 e. The Morgan fingerprint density at radius 2 is 1.67 bits per heavy atom. The number of carbonyl (C=O) groups excluding carboxylic acids is 2. The molecule has 2 aromatic rings. The van der Waals surface area contributed by atoms with Crippen molar-refractivity contribution in [2.45, 2.75) is 47.1 Å². The first kappa shape index (κ1) is 19.0. The Kier molecular flexibility index (Phi) is 4.72. The van der Waals surface area contributed by atoms with Crippen LogP contribution in [0.1, 0.15) is 36.1 Å². The topological polar surface area (TPSA) is 58.6 Å². The fraction of sp³-hybridized carbons (Fsp3) is 0.364. The van der Waals surface area contributed by atoms with Crippen LogP contribution in [0.2, 0.25) is 0 Å². The predicted molar refractivity (Wildman–Crippen MR) is 108 cm³/mol. The molecule has 0 spiro atoms. The second kappa shape index (κ2) is 6.72. The van der Waals surface area contributed by atoms with E-state index in [0.29, 0.717) is 11.4 Å². The Morgan fingerprint density at radius 3 is 2.30 bits per heavy atom. The van der Waals surface area contributed by atoms with Crippen molar-refractivity contribution in [2.24, 2.45) is 0 Å². The lowest BCUT2D eigenvalue weighted by Gasteiger charge is -2.38. The minimum absolute atomic E-state index is 0.0607. The Morgan fingerprint density at radius 1 is 1.04 bits per heavy atom. The number of carbonyl (C=O) groups is 2. The van der Waals surface area contributed by atoms with Crippen molar-refractivity contribution in [1.82, 2.24) is 0 Å². The first-order valence-corrected chi connectivity index (χ1v) is 9.08. The molecule has 1 N–H and O–H groups in total. The van der Waals surface area contributed by atoms with Crippen LogP contribution in [0.4, 0.5) is 11.4 Å². The molecule has 0 bridgehead atoms. The lowest BCUT2D eigenvalue weighted by molar-refractivity contribution is -0.133. The number of benzene rings is 2. The Hall–Kier alpha value is -2.82. The van der Waals surface area contributed by atoms with Crippen LogP contribution >= 0.6 is 0 Å². The number of amides is 2. The second-order valence-corrected chi connectivity index (χ2v) is 7.80. The maximum Gasteiger partial charge on any atom is 0.271 e.